The van der Waals surface area contributed by atoms with Crippen molar-refractivity contribution in [3.8, 4) is 0 Å². The minimum Gasteiger partial charge on any atom is -0.381 e. The van der Waals surface area contributed by atoms with Gasteiger partial charge in [0.15, 0.2) is 0 Å². The van der Waals surface area contributed by atoms with Gasteiger partial charge in [-0.2, -0.15) is 13.2 Å². The summed E-state index contributed by atoms with van der Waals surface area (Å²) in [7, 11) is 0. The van der Waals surface area contributed by atoms with Gasteiger partial charge < -0.3 is 10.2 Å². The third-order valence-electron chi connectivity index (χ3n) is 5.14. The van der Waals surface area contributed by atoms with Crippen molar-refractivity contribution in [2.45, 2.75) is 32.5 Å². The van der Waals surface area contributed by atoms with Crippen molar-refractivity contribution < 1.29 is 13.2 Å². The molecule has 1 fully saturated rings. The highest BCUT2D eigenvalue weighted by Gasteiger charge is 2.29. The maximum absolute atomic E-state index is 12.7. The number of hydrogen-bond acceptors (Lipinski definition) is 3. The Morgan fingerprint density at radius 2 is 1.71 bits per heavy atom. The molecule has 1 aliphatic heterocycles. The Morgan fingerprint density at radius 3 is 2.39 bits per heavy atom. The van der Waals surface area contributed by atoms with Crippen molar-refractivity contribution in [2.24, 2.45) is 0 Å². The second-order valence-corrected chi connectivity index (χ2v) is 7.26. The summed E-state index contributed by atoms with van der Waals surface area (Å²) in [5.41, 5.74) is 4.21. The molecule has 1 saturated heterocycles. The Bertz CT molecular complexity index is 975. The Morgan fingerprint density at radius 1 is 1.00 bits per heavy atom. The van der Waals surface area contributed by atoms with Crippen LogP contribution in [0.3, 0.4) is 0 Å². The average molecular weight is 385 g/mol. The molecule has 4 rings (SSSR count). The zero-order chi connectivity index (χ0) is 19.7. The monoisotopic (exact) mass is 385 g/mol. The number of rotatable bonds is 4. The van der Waals surface area contributed by atoms with E-state index in [2.05, 4.69) is 27.3 Å². The van der Waals surface area contributed by atoms with Gasteiger partial charge in [-0.3, -0.25) is 4.98 Å². The van der Waals surface area contributed by atoms with E-state index in [1.807, 2.05) is 19.1 Å². The molecule has 0 radical (unpaired) electrons. The first-order valence-electron chi connectivity index (χ1n) is 9.46. The number of nitrogens with zero attached hydrogens (tertiary/aromatic N) is 2. The van der Waals surface area contributed by atoms with E-state index in [-0.39, 0.29) is 0 Å². The quantitative estimate of drug-likeness (QED) is 0.618. The molecule has 0 spiro atoms. The molecule has 0 saturated carbocycles. The third kappa shape index (κ3) is 3.91. The van der Waals surface area contributed by atoms with E-state index in [9.17, 15) is 13.2 Å². The van der Waals surface area contributed by atoms with Crippen molar-refractivity contribution in [1.82, 2.24) is 4.98 Å². The van der Waals surface area contributed by atoms with Crippen LogP contribution < -0.4 is 10.2 Å². The lowest BCUT2D eigenvalue weighted by Crippen LogP contribution is -2.18. The second kappa shape index (κ2) is 7.34. The van der Waals surface area contributed by atoms with Gasteiger partial charge in [-0.05, 0) is 61.7 Å². The van der Waals surface area contributed by atoms with Gasteiger partial charge >= 0.3 is 6.18 Å². The van der Waals surface area contributed by atoms with Gasteiger partial charge in [-0.15, -0.1) is 0 Å². The minimum absolute atomic E-state index is 0.453. The highest BCUT2D eigenvalue weighted by Crippen LogP contribution is 2.31. The van der Waals surface area contributed by atoms with Crippen LogP contribution in [0.15, 0.2) is 48.5 Å². The summed E-state index contributed by atoms with van der Waals surface area (Å²) in [4.78, 5) is 7.08. The molecule has 146 valence electrons. The fourth-order valence-corrected chi connectivity index (χ4v) is 3.68. The highest BCUT2D eigenvalue weighted by atomic mass is 19.4. The average Bonchev–Trinajstić information content (AvgIpc) is 3.19. The van der Waals surface area contributed by atoms with Crippen molar-refractivity contribution in [3.05, 3.63) is 65.4 Å². The number of alkyl halides is 3. The fourth-order valence-electron chi connectivity index (χ4n) is 3.68. The maximum Gasteiger partial charge on any atom is 0.416 e. The normalized spacial score (nSPS) is 14.6. The molecule has 2 aromatic carbocycles. The molecule has 1 aromatic heterocycles. The Kier molecular flexibility index (Phi) is 4.87. The second-order valence-electron chi connectivity index (χ2n) is 7.26. The smallest absolute Gasteiger partial charge is 0.381 e. The molecule has 0 aliphatic carbocycles. The molecule has 0 amide bonds. The first kappa shape index (κ1) is 18.6. The van der Waals surface area contributed by atoms with Crippen molar-refractivity contribution in [3.63, 3.8) is 0 Å². The van der Waals surface area contributed by atoms with E-state index in [1.54, 1.807) is 0 Å². The van der Waals surface area contributed by atoms with Gasteiger partial charge in [0.05, 0.1) is 11.1 Å². The Labute approximate surface area is 162 Å². The van der Waals surface area contributed by atoms with Gasteiger partial charge in [0.1, 0.15) is 0 Å². The van der Waals surface area contributed by atoms with Gasteiger partial charge in [-0.25, -0.2) is 0 Å². The molecule has 0 unspecified atom stereocenters. The molecule has 2 heterocycles. The number of aromatic nitrogens is 1. The van der Waals surface area contributed by atoms with Crippen LogP contribution >= 0.6 is 0 Å². The van der Waals surface area contributed by atoms with Crippen LogP contribution in [-0.2, 0) is 12.7 Å². The zero-order valence-corrected chi connectivity index (χ0v) is 15.7. The summed E-state index contributed by atoms with van der Waals surface area (Å²) in [5, 5.41) is 4.42. The van der Waals surface area contributed by atoms with E-state index in [1.165, 1.54) is 30.7 Å². The lowest BCUT2D eigenvalue weighted by atomic mass is 10.1. The SMILES string of the molecule is Cc1cc(N2CCCC2)c2ccc(NCc3ccc(C(F)(F)F)cc3)cc2n1. The van der Waals surface area contributed by atoms with Gasteiger partial charge in [0, 0.05) is 42.1 Å². The number of anilines is 2. The molecular formula is C22H22F3N3. The summed E-state index contributed by atoms with van der Waals surface area (Å²) in [5.74, 6) is 0. The van der Waals surface area contributed by atoms with Gasteiger partial charge in [0.25, 0.3) is 0 Å². The molecular weight excluding hydrogens is 363 g/mol. The number of aryl methyl sites for hydroxylation is 1. The molecule has 1 aliphatic rings. The van der Waals surface area contributed by atoms with Crippen LogP contribution in [0.4, 0.5) is 24.5 Å². The predicted molar refractivity (Wildman–Crippen MR) is 107 cm³/mol. The van der Waals surface area contributed by atoms with Gasteiger partial charge in [0.2, 0.25) is 0 Å². The molecule has 6 heteroatoms. The Hall–Kier alpha value is -2.76. The van der Waals surface area contributed by atoms with E-state index in [4.69, 9.17) is 0 Å². The van der Waals surface area contributed by atoms with Crippen LogP contribution in [0.5, 0.6) is 0 Å². The molecule has 3 aromatic rings. The number of nitrogens with one attached hydrogen (secondary N) is 1. The summed E-state index contributed by atoms with van der Waals surface area (Å²) in [6.07, 6.45) is -1.87. The summed E-state index contributed by atoms with van der Waals surface area (Å²) < 4.78 is 38.0. The van der Waals surface area contributed by atoms with Crippen molar-refractivity contribution >= 4 is 22.3 Å². The lowest BCUT2D eigenvalue weighted by molar-refractivity contribution is -0.137. The number of pyridine rings is 1. The number of halogens is 3. The Balaban J connectivity index is 1.53. The van der Waals surface area contributed by atoms with E-state index in [0.29, 0.717) is 6.54 Å². The highest BCUT2D eigenvalue weighted by molar-refractivity contribution is 5.94. The van der Waals surface area contributed by atoms with Crippen LogP contribution in [0, 0.1) is 6.92 Å². The van der Waals surface area contributed by atoms with Crippen molar-refractivity contribution in [2.75, 3.05) is 23.3 Å². The van der Waals surface area contributed by atoms with E-state index < -0.39 is 11.7 Å². The maximum atomic E-state index is 12.7. The molecule has 28 heavy (non-hydrogen) atoms. The fraction of sp³-hybridized carbons (Fsp3) is 0.318. The number of fused-ring (bicyclic) bond motifs is 1. The summed E-state index contributed by atoms with van der Waals surface area (Å²) in [6.45, 7) is 4.61. The molecule has 0 bridgehead atoms. The first-order chi connectivity index (χ1) is 13.4. The van der Waals surface area contributed by atoms with Crippen molar-refractivity contribution in [1.29, 1.82) is 0 Å². The van der Waals surface area contributed by atoms with Crippen LogP contribution in [0.1, 0.15) is 29.7 Å². The summed E-state index contributed by atoms with van der Waals surface area (Å²) >= 11 is 0. The minimum atomic E-state index is -4.30. The summed E-state index contributed by atoms with van der Waals surface area (Å²) in [6, 6.07) is 13.5. The first-order valence-corrected chi connectivity index (χ1v) is 9.46. The third-order valence-corrected chi connectivity index (χ3v) is 5.14. The van der Waals surface area contributed by atoms with Crippen LogP contribution in [0.2, 0.25) is 0 Å². The molecule has 0 atom stereocenters. The largest absolute Gasteiger partial charge is 0.416 e. The predicted octanol–water partition coefficient (Wildman–Crippen LogP) is 5.77. The number of benzene rings is 2. The lowest BCUT2D eigenvalue weighted by Gasteiger charge is -2.20. The standard InChI is InChI=1S/C22H22F3N3/c1-15-12-21(28-10-2-3-11-28)19-9-8-18(13-20(19)27-15)26-14-16-4-6-17(7-5-16)22(23,24)25/h4-9,12-13,26H,2-3,10-11,14H2,1H3. The number of hydrogen-bond donors (Lipinski definition) is 1. The van der Waals surface area contributed by atoms with E-state index in [0.717, 1.165) is 53.1 Å². The zero-order valence-electron chi connectivity index (χ0n) is 15.7. The van der Waals surface area contributed by atoms with Crippen LogP contribution in [0.25, 0.3) is 10.9 Å². The topological polar surface area (TPSA) is 28.2 Å². The molecule has 1 N–H and O–H groups in total. The van der Waals surface area contributed by atoms with Gasteiger partial charge in [-0.1, -0.05) is 12.1 Å². The molecule has 3 nitrogen and oxygen atoms in total. The van der Waals surface area contributed by atoms with E-state index >= 15 is 0 Å². The van der Waals surface area contributed by atoms with Crippen LogP contribution in [-0.4, -0.2) is 18.1 Å².